The summed E-state index contributed by atoms with van der Waals surface area (Å²) in [5, 5.41) is 6.09. The topological polar surface area (TPSA) is 74.0 Å². The van der Waals surface area contributed by atoms with Crippen molar-refractivity contribution in [2.45, 2.75) is 19.8 Å². The largest absolute Gasteiger partial charge is 0.364 e. The Morgan fingerprint density at radius 1 is 1.56 bits per heavy atom. The van der Waals surface area contributed by atoms with E-state index in [1.165, 1.54) is 18.7 Å². The zero-order valence-electron chi connectivity index (χ0n) is 10.6. The number of aryl methyl sites for hydroxylation is 1. The smallest absolute Gasteiger partial charge is 0.256 e. The minimum absolute atomic E-state index is 0.185. The second-order valence-electron chi connectivity index (χ2n) is 4.80. The first kappa shape index (κ1) is 12.8. The summed E-state index contributed by atoms with van der Waals surface area (Å²) in [4.78, 5) is 26.3. The molecule has 1 saturated heterocycles. The lowest BCUT2D eigenvalue weighted by molar-refractivity contribution is 0.0950. The number of pyridine rings is 1. The lowest BCUT2D eigenvalue weighted by Crippen LogP contribution is -2.30. The Bertz CT molecular complexity index is 475. The van der Waals surface area contributed by atoms with E-state index in [9.17, 15) is 9.59 Å². The third-order valence-electron chi connectivity index (χ3n) is 3.30. The van der Waals surface area contributed by atoms with E-state index in [1.807, 2.05) is 0 Å². The molecule has 5 nitrogen and oxygen atoms in total. The van der Waals surface area contributed by atoms with Crippen LogP contribution in [0.4, 0.5) is 0 Å². The van der Waals surface area contributed by atoms with Crippen molar-refractivity contribution >= 4 is 5.91 Å². The van der Waals surface area contributed by atoms with Crippen molar-refractivity contribution in [2.24, 2.45) is 5.92 Å². The van der Waals surface area contributed by atoms with Crippen LogP contribution in [0.2, 0.25) is 0 Å². The number of nitrogens with one attached hydrogen (secondary N) is 3. The van der Waals surface area contributed by atoms with Crippen LogP contribution in [0.1, 0.15) is 28.9 Å². The zero-order valence-corrected chi connectivity index (χ0v) is 10.6. The van der Waals surface area contributed by atoms with Gasteiger partial charge in [0.15, 0.2) is 5.43 Å². The molecule has 2 heterocycles. The van der Waals surface area contributed by atoms with Crippen molar-refractivity contribution in [2.75, 3.05) is 19.6 Å². The van der Waals surface area contributed by atoms with Gasteiger partial charge in [-0.05, 0) is 38.8 Å². The van der Waals surface area contributed by atoms with Crippen LogP contribution in [-0.4, -0.2) is 30.5 Å². The number of rotatable bonds is 4. The Kier molecular flexibility index (Phi) is 4.15. The van der Waals surface area contributed by atoms with Gasteiger partial charge in [-0.25, -0.2) is 0 Å². The molecule has 1 amide bonds. The maximum atomic E-state index is 11.8. The van der Waals surface area contributed by atoms with Gasteiger partial charge >= 0.3 is 0 Å². The van der Waals surface area contributed by atoms with Gasteiger partial charge in [0.1, 0.15) is 5.56 Å². The molecule has 18 heavy (non-hydrogen) atoms. The van der Waals surface area contributed by atoms with Crippen LogP contribution in [-0.2, 0) is 0 Å². The monoisotopic (exact) mass is 249 g/mol. The summed E-state index contributed by atoms with van der Waals surface area (Å²) in [6, 6.07) is 1.44. The van der Waals surface area contributed by atoms with Crippen LogP contribution in [0.25, 0.3) is 0 Å². The van der Waals surface area contributed by atoms with Crippen molar-refractivity contribution in [1.82, 2.24) is 15.6 Å². The van der Waals surface area contributed by atoms with Crippen molar-refractivity contribution in [3.63, 3.8) is 0 Å². The maximum absolute atomic E-state index is 11.8. The number of amides is 1. The molecule has 1 atom stereocenters. The standard InChI is InChI=1S/C13H19N3O2/c1-9-6-12(17)11(8-16-9)13(18)15-5-3-10-2-4-14-7-10/h6,8,10,14H,2-5,7H2,1H3,(H,15,18)(H,16,17). The third kappa shape index (κ3) is 3.20. The Labute approximate surface area is 106 Å². The van der Waals surface area contributed by atoms with Gasteiger partial charge in [-0.15, -0.1) is 0 Å². The molecule has 1 aromatic rings. The second-order valence-corrected chi connectivity index (χ2v) is 4.80. The molecule has 1 fully saturated rings. The van der Waals surface area contributed by atoms with E-state index in [4.69, 9.17) is 0 Å². The predicted octanol–water partition coefficient (Wildman–Crippen LogP) is 0.413. The number of H-pyrrole nitrogens is 1. The molecule has 1 unspecified atom stereocenters. The number of carbonyl (C=O) groups excluding carboxylic acids is 1. The van der Waals surface area contributed by atoms with Crippen molar-refractivity contribution in [1.29, 1.82) is 0 Å². The number of aromatic nitrogens is 1. The van der Waals surface area contributed by atoms with Crippen LogP contribution in [0, 0.1) is 12.8 Å². The molecule has 0 spiro atoms. The first-order valence-electron chi connectivity index (χ1n) is 6.35. The molecule has 0 aromatic carbocycles. The fourth-order valence-electron chi connectivity index (χ4n) is 2.20. The van der Waals surface area contributed by atoms with Crippen LogP contribution < -0.4 is 16.1 Å². The lowest BCUT2D eigenvalue weighted by atomic mass is 10.1. The Morgan fingerprint density at radius 2 is 2.39 bits per heavy atom. The molecule has 0 radical (unpaired) electrons. The number of hydrogen-bond donors (Lipinski definition) is 3. The minimum atomic E-state index is -0.290. The van der Waals surface area contributed by atoms with E-state index in [2.05, 4.69) is 15.6 Å². The molecule has 0 aliphatic carbocycles. The number of aromatic amines is 1. The molecule has 5 heteroatoms. The zero-order chi connectivity index (χ0) is 13.0. The number of carbonyl (C=O) groups is 1. The van der Waals surface area contributed by atoms with Gasteiger partial charge in [-0.2, -0.15) is 0 Å². The fraction of sp³-hybridized carbons (Fsp3) is 0.538. The molecular weight excluding hydrogens is 230 g/mol. The SMILES string of the molecule is Cc1cc(=O)c(C(=O)NCCC2CCNC2)c[nH]1. The third-order valence-corrected chi connectivity index (χ3v) is 3.30. The first-order valence-corrected chi connectivity index (χ1v) is 6.35. The van der Waals surface area contributed by atoms with E-state index in [1.54, 1.807) is 6.92 Å². The van der Waals surface area contributed by atoms with Gasteiger partial charge in [-0.3, -0.25) is 9.59 Å². The number of hydrogen-bond acceptors (Lipinski definition) is 3. The van der Waals surface area contributed by atoms with Gasteiger partial charge in [-0.1, -0.05) is 0 Å². The summed E-state index contributed by atoms with van der Waals surface area (Å²) in [6.07, 6.45) is 3.60. The highest BCUT2D eigenvalue weighted by Crippen LogP contribution is 2.10. The summed E-state index contributed by atoms with van der Waals surface area (Å²) in [7, 11) is 0. The molecule has 0 bridgehead atoms. The molecule has 3 N–H and O–H groups in total. The van der Waals surface area contributed by atoms with E-state index >= 15 is 0 Å². The Hall–Kier alpha value is -1.62. The van der Waals surface area contributed by atoms with Crippen LogP contribution in [0.5, 0.6) is 0 Å². The van der Waals surface area contributed by atoms with E-state index in [-0.39, 0.29) is 16.9 Å². The highest BCUT2D eigenvalue weighted by Gasteiger charge is 2.15. The average Bonchev–Trinajstić information content (AvgIpc) is 2.81. The second kappa shape index (κ2) is 5.82. The minimum Gasteiger partial charge on any atom is -0.364 e. The predicted molar refractivity (Wildman–Crippen MR) is 69.7 cm³/mol. The van der Waals surface area contributed by atoms with Crippen LogP contribution in [0.15, 0.2) is 17.1 Å². The fourth-order valence-corrected chi connectivity index (χ4v) is 2.20. The average molecular weight is 249 g/mol. The van der Waals surface area contributed by atoms with Gasteiger partial charge in [0.2, 0.25) is 0 Å². The van der Waals surface area contributed by atoms with Crippen molar-refractivity contribution < 1.29 is 4.79 Å². The molecule has 2 rings (SSSR count). The normalized spacial score (nSPS) is 18.8. The quantitative estimate of drug-likeness (QED) is 0.723. The van der Waals surface area contributed by atoms with E-state index in [0.717, 1.165) is 25.2 Å². The summed E-state index contributed by atoms with van der Waals surface area (Å²) < 4.78 is 0. The van der Waals surface area contributed by atoms with E-state index < -0.39 is 0 Å². The highest BCUT2D eigenvalue weighted by atomic mass is 16.2. The van der Waals surface area contributed by atoms with E-state index in [0.29, 0.717) is 12.5 Å². The molecule has 98 valence electrons. The Morgan fingerprint density at radius 3 is 3.06 bits per heavy atom. The summed E-state index contributed by atoms with van der Waals surface area (Å²) in [5.41, 5.74) is 0.713. The van der Waals surface area contributed by atoms with Gasteiger partial charge < -0.3 is 15.6 Å². The first-order chi connectivity index (χ1) is 8.66. The maximum Gasteiger partial charge on any atom is 0.256 e. The molecule has 1 aliphatic rings. The summed E-state index contributed by atoms with van der Waals surface area (Å²) in [6.45, 7) is 4.51. The summed E-state index contributed by atoms with van der Waals surface area (Å²) in [5.74, 6) is 0.351. The van der Waals surface area contributed by atoms with Crippen LogP contribution in [0.3, 0.4) is 0 Å². The molecule has 1 aromatic heterocycles. The van der Waals surface area contributed by atoms with Gasteiger partial charge in [0.25, 0.3) is 5.91 Å². The van der Waals surface area contributed by atoms with Crippen LogP contribution >= 0.6 is 0 Å². The van der Waals surface area contributed by atoms with Gasteiger partial charge in [0, 0.05) is 24.5 Å². The molecule has 0 saturated carbocycles. The molecule has 1 aliphatic heterocycles. The Balaban J connectivity index is 1.85. The van der Waals surface area contributed by atoms with Crippen molar-refractivity contribution in [3.8, 4) is 0 Å². The highest BCUT2D eigenvalue weighted by molar-refractivity contribution is 5.93. The van der Waals surface area contributed by atoms with Crippen molar-refractivity contribution in [3.05, 3.63) is 33.7 Å². The summed E-state index contributed by atoms with van der Waals surface area (Å²) >= 11 is 0. The molecular formula is C13H19N3O2. The lowest BCUT2D eigenvalue weighted by Gasteiger charge is -2.09. The van der Waals surface area contributed by atoms with Gasteiger partial charge in [0.05, 0.1) is 0 Å².